The molecule has 0 amide bonds. The predicted molar refractivity (Wildman–Crippen MR) is 57.1 cm³/mol. The normalized spacial score (nSPS) is 10.7. The summed E-state index contributed by atoms with van der Waals surface area (Å²) in [6, 6.07) is 0. The van der Waals surface area contributed by atoms with Gasteiger partial charge in [0.2, 0.25) is 5.76 Å². The summed E-state index contributed by atoms with van der Waals surface area (Å²) in [5.74, 6) is -0.214. The van der Waals surface area contributed by atoms with Gasteiger partial charge in [0.05, 0.1) is 13.4 Å². The summed E-state index contributed by atoms with van der Waals surface area (Å²) < 4.78 is 14.6. The minimum Gasteiger partial charge on any atom is -0.498 e. The SMILES string of the molecule is C=COCCOC(=CCCC)C(=O)OC. The highest BCUT2D eigenvalue weighted by Crippen LogP contribution is 2.03. The summed E-state index contributed by atoms with van der Waals surface area (Å²) >= 11 is 0. The average molecular weight is 214 g/mol. The van der Waals surface area contributed by atoms with E-state index in [1.807, 2.05) is 6.92 Å². The van der Waals surface area contributed by atoms with Crippen LogP contribution in [0.4, 0.5) is 0 Å². The standard InChI is InChI=1S/C11H18O4/c1-4-6-7-10(11(12)13-3)15-9-8-14-5-2/h5,7H,2,4,6,8-9H2,1,3H3. The fourth-order valence-electron chi connectivity index (χ4n) is 0.860. The molecule has 0 bridgehead atoms. The van der Waals surface area contributed by atoms with Gasteiger partial charge in [-0.05, 0) is 12.5 Å². The van der Waals surface area contributed by atoms with Gasteiger partial charge in [0.25, 0.3) is 0 Å². The number of rotatable bonds is 8. The van der Waals surface area contributed by atoms with E-state index in [-0.39, 0.29) is 5.76 Å². The third kappa shape index (κ3) is 6.60. The Morgan fingerprint density at radius 2 is 2.13 bits per heavy atom. The van der Waals surface area contributed by atoms with Crippen molar-refractivity contribution in [3.8, 4) is 0 Å². The summed E-state index contributed by atoms with van der Waals surface area (Å²) in [6.45, 7) is 6.08. The smallest absolute Gasteiger partial charge is 0.372 e. The van der Waals surface area contributed by atoms with E-state index in [2.05, 4.69) is 11.3 Å². The van der Waals surface area contributed by atoms with E-state index >= 15 is 0 Å². The minimum atomic E-state index is -0.456. The Hall–Kier alpha value is -1.45. The lowest BCUT2D eigenvalue weighted by atomic mass is 10.3. The van der Waals surface area contributed by atoms with Crippen molar-refractivity contribution in [3.63, 3.8) is 0 Å². The average Bonchev–Trinajstić information content (AvgIpc) is 2.27. The molecular weight excluding hydrogens is 196 g/mol. The molecule has 86 valence electrons. The first-order chi connectivity index (χ1) is 7.26. The molecule has 0 aliphatic rings. The van der Waals surface area contributed by atoms with Gasteiger partial charge >= 0.3 is 5.97 Å². The fraction of sp³-hybridized carbons (Fsp3) is 0.545. The zero-order chi connectivity index (χ0) is 11.5. The molecule has 4 heteroatoms. The molecule has 0 saturated carbocycles. The van der Waals surface area contributed by atoms with Crippen LogP contribution >= 0.6 is 0 Å². The number of unbranched alkanes of at least 4 members (excludes halogenated alkanes) is 1. The van der Waals surface area contributed by atoms with Crippen molar-refractivity contribution in [2.75, 3.05) is 20.3 Å². The van der Waals surface area contributed by atoms with Crippen LogP contribution in [0.25, 0.3) is 0 Å². The minimum absolute atomic E-state index is 0.243. The number of allylic oxidation sites excluding steroid dienone is 1. The van der Waals surface area contributed by atoms with Crippen LogP contribution < -0.4 is 0 Å². The first-order valence-electron chi connectivity index (χ1n) is 4.90. The maximum Gasteiger partial charge on any atom is 0.372 e. The Kier molecular flexibility index (Phi) is 8.24. The molecule has 0 N–H and O–H groups in total. The number of ether oxygens (including phenoxy) is 3. The zero-order valence-electron chi connectivity index (χ0n) is 9.32. The molecule has 0 radical (unpaired) electrons. The molecule has 0 aliphatic carbocycles. The Morgan fingerprint density at radius 3 is 2.67 bits per heavy atom. The van der Waals surface area contributed by atoms with Crippen LogP contribution in [0.2, 0.25) is 0 Å². The topological polar surface area (TPSA) is 44.8 Å². The van der Waals surface area contributed by atoms with Gasteiger partial charge in [-0.3, -0.25) is 0 Å². The predicted octanol–water partition coefficient (Wildman–Crippen LogP) is 2.02. The second kappa shape index (κ2) is 9.12. The van der Waals surface area contributed by atoms with Gasteiger partial charge in [0.15, 0.2) is 0 Å². The zero-order valence-corrected chi connectivity index (χ0v) is 9.32. The lowest BCUT2D eigenvalue weighted by Crippen LogP contribution is -2.11. The van der Waals surface area contributed by atoms with Gasteiger partial charge in [-0.15, -0.1) is 0 Å². The van der Waals surface area contributed by atoms with Crippen LogP contribution in [0, 0.1) is 0 Å². The maximum absolute atomic E-state index is 11.2. The lowest BCUT2D eigenvalue weighted by molar-refractivity contribution is -0.140. The van der Waals surface area contributed by atoms with Crippen LogP contribution in [0.3, 0.4) is 0 Å². The molecule has 15 heavy (non-hydrogen) atoms. The molecular formula is C11H18O4. The molecule has 0 unspecified atom stereocenters. The fourth-order valence-corrected chi connectivity index (χ4v) is 0.860. The highest BCUT2D eigenvalue weighted by molar-refractivity contribution is 5.86. The highest BCUT2D eigenvalue weighted by Gasteiger charge is 2.09. The molecule has 0 aromatic heterocycles. The molecule has 0 saturated heterocycles. The van der Waals surface area contributed by atoms with E-state index < -0.39 is 5.97 Å². The van der Waals surface area contributed by atoms with Gasteiger partial charge in [-0.25, -0.2) is 4.79 Å². The van der Waals surface area contributed by atoms with Crippen molar-refractivity contribution in [3.05, 3.63) is 24.7 Å². The van der Waals surface area contributed by atoms with E-state index in [0.29, 0.717) is 13.2 Å². The number of methoxy groups -OCH3 is 1. The second-order valence-corrected chi connectivity index (χ2v) is 2.73. The van der Waals surface area contributed by atoms with Gasteiger partial charge in [0, 0.05) is 0 Å². The maximum atomic E-state index is 11.2. The number of carbonyl (C=O) groups is 1. The van der Waals surface area contributed by atoms with Crippen LogP contribution in [0.15, 0.2) is 24.7 Å². The van der Waals surface area contributed by atoms with Crippen LogP contribution in [0.1, 0.15) is 19.8 Å². The number of hydrogen-bond acceptors (Lipinski definition) is 4. The summed E-state index contributed by atoms with van der Waals surface area (Å²) in [5.41, 5.74) is 0. The summed E-state index contributed by atoms with van der Waals surface area (Å²) in [7, 11) is 1.33. The molecule has 0 heterocycles. The summed E-state index contributed by atoms with van der Waals surface area (Å²) in [6.07, 6.45) is 4.79. The molecule has 0 aromatic rings. The van der Waals surface area contributed by atoms with E-state index in [1.165, 1.54) is 13.4 Å². The van der Waals surface area contributed by atoms with Gasteiger partial charge < -0.3 is 14.2 Å². The van der Waals surface area contributed by atoms with Crippen molar-refractivity contribution in [2.45, 2.75) is 19.8 Å². The van der Waals surface area contributed by atoms with Crippen molar-refractivity contribution in [2.24, 2.45) is 0 Å². The van der Waals surface area contributed by atoms with Crippen LogP contribution in [0.5, 0.6) is 0 Å². The second-order valence-electron chi connectivity index (χ2n) is 2.73. The molecule has 0 spiro atoms. The highest BCUT2D eigenvalue weighted by atomic mass is 16.6. The van der Waals surface area contributed by atoms with Gasteiger partial charge in [-0.1, -0.05) is 19.9 Å². The van der Waals surface area contributed by atoms with E-state index in [4.69, 9.17) is 9.47 Å². The molecule has 4 nitrogen and oxygen atoms in total. The summed E-state index contributed by atoms with van der Waals surface area (Å²) in [4.78, 5) is 11.2. The Bertz CT molecular complexity index is 221. The van der Waals surface area contributed by atoms with Crippen molar-refractivity contribution in [1.82, 2.24) is 0 Å². The van der Waals surface area contributed by atoms with E-state index in [0.717, 1.165) is 12.8 Å². The molecule has 0 aliphatic heterocycles. The van der Waals surface area contributed by atoms with E-state index in [9.17, 15) is 4.79 Å². The third-order valence-electron chi connectivity index (χ3n) is 1.58. The van der Waals surface area contributed by atoms with Gasteiger partial charge in [0.1, 0.15) is 13.2 Å². The first-order valence-corrected chi connectivity index (χ1v) is 4.90. The number of carbonyl (C=O) groups excluding carboxylic acids is 1. The number of esters is 1. The Morgan fingerprint density at radius 1 is 1.40 bits per heavy atom. The molecule has 0 aromatic carbocycles. The quantitative estimate of drug-likeness (QED) is 0.268. The Labute approximate surface area is 90.5 Å². The van der Waals surface area contributed by atoms with Crippen molar-refractivity contribution < 1.29 is 19.0 Å². The largest absolute Gasteiger partial charge is 0.498 e. The third-order valence-corrected chi connectivity index (χ3v) is 1.58. The monoisotopic (exact) mass is 214 g/mol. The molecule has 0 fully saturated rings. The summed E-state index contributed by atoms with van der Waals surface area (Å²) in [5, 5.41) is 0. The van der Waals surface area contributed by atoms with Gasteiger partial charge in [-0.2, -0.15) is 0 Å². The molecule has 0 rings (SSSR count). The van der Waals surface area contributed by atoms with Crippen LogP contribution in [-0.2, 0) is 19.0 Å². The first kappa shape index (κ1) is 13.5. The van der Waals surface area contributed by atoms with Crippen LogP contribution in [-0.4, -0.2) is 26.3 Å². The number of hydrogen-bond donors (Lipinski definition) is 0. The lowest BCUT2D eigenvalue weighted by Gasteiger charge is -2.08. The molecule has 0 atom stereocenters. The van der Waals surface area contributed by atoms with Crippen molar-refractivity contribution >= 4 is 5.97 Å². The van der Waals surface area contributed by atoms with E-state index in [1.54, 1.807) is 6.08 Å². The Balaban J connectivity index is 4.01. The van der Waals surface area contributed by atoms with Crippen molar-refractivity contribution in [1.29, 1.82) is 0 Å².